The first-order chi connectivity index (χ1) is 18.1. The summed E-state index contributed by atoms with van der Waals surface area (Å²) in [6.07, 6.45) is 3.63. The molecule has 1 N–H and O–H groups in total. The maximum Gasteiger partial charge on any atom is 0.251 e. The number of aromatic nitrogens is 3. The summed E-state index contributed by atoms with van der Waals surface area (Å²) in [4.78, 5) is 21.8. The van der Waals surface area contributed by atoms with Gasteiger partial charge in [-0.3, -0.25) is 9.78 Å². The number of benzene rings is 3. The maximum atomic E-state index is 12.6. The first-order valence-corrected chi connectivity index (χ1v) is 13.1. The van der Waals surface area contributed by atoms with Crippen LogP contribution in [0.1, 0.15) is 32.6 Å². The number of carbonyl (C=O) groups excluding carboxylic acids is 1. The number of carbonyl (C=O) groups is 1. The monoisotopic (exact) mass is 508 g/mol. The van der Waals surface area contributed by atoms with Gasteiger partial charge in [-0.2, -0.15) is 0 Å². The van der Waals surface area contributed by atoms with Crippen molar-refractivity contribution in [1.82, 2.24) is 19.9 Å². The van der Waals surface area contributed by atoms with E-state index in [0.29, 0.717) is 18.7 Å². The number of imidazole rings is 1. The van der Waals surface area contributed by atoms with Crippen molar-refractivity contribution in [3.63, 3.8) is 0 Å². The van der Waals surface area contributed by atoms with Crippen LogP contribution in [-0.4, -0.2) is 27.6 Å². The van der Waals surface area contributed by atoms with E-state index in [4.69, 9.17) is 9.72 Å². The van der Waals surface area contributed by atoms with E-state index >= 15 is 0 Å². The number of hydrogen-bond donors (Lipinski definition) is 1. The second-order valence-corrected chi connectivity index (χ2v) is 9.73. The summed E-state index contributed by atoms with van der Waals surface area (Å²) >= 11 is 1.68. The minimum absolute atomic E-state index is 0.0729. The summed E-state index contributed by atoms with van der Waals surface area (Å²) in [5, 5.41) is 3.94. The van der Waals surface area contributed by atoms with Crippen LogP contribution in [0.2, 0.25) is 0 Å². The van der Waals surface area contributed by atoms with Crippen molar-refractivity contribution < 1.29 is 9.53 Å². The molecular formula is C30H28N4O2S. The van der Waals surface area contributed by atoms with Gasteiger partial charge in [-0.1, -0.05) is 60.3 Å². The number of hydrogen-bond acceptors (Lipinski definition) is 5. The van der Waals surface area contributed by atoms with Gasteiger partial charge >= 0.3 is 0 Å². The van der Waals surface area contributed by atoms with Gasteiger partial charge in [-0.25, -0.2) is 4.98 Å². The van der Waals surface area contributed by atoms with Gasteiger partial charge in [0.1, 0.15) is 5.75 Å². The van der Waals surface area contributed by atoms with Gasteiger partial charge in [0.05, 0.1) is 30.9 Å². The summed E-state index contributed by atoms with van der Waals surface area (Å²) in [6, 6.07) is 25.9. The predicted molar refractivity (Wildman–Crippen MR) is 148 cm³/mol. The van der Waals surface area contributed by atoms with Gasteiger partial charge < -0.3 is 14.6 Å². The molecule has 0 aliphatic heterocycles. The Morgan fingerprint density at radius 3 is 2.49 bits per heavy atom. The average Bonchev–Trinajstić information content (AvgIpc) is 3.29. The van der Waals surface area contributed by atoms with Crippen LogP contribution >= 0.6 is 11.8 Å². The average molecular weight is 509 g/mol. The number of methoxy groups -OCH3 is 1. The number of aryl methyl sites for hydroxylation is 1. The molecule has 5 aromatic rings. The van der Waals surface area contributed by atoms with Gasteiger partial charge in [0.25, 0.3) is 5.91 Å². The molecule has 3 aromatic carbocycles. The van der Waals surface area contributed by atoms with Crippen molar-refractivity contribution in [3.8, 4) is 5.75 Å². The molecule has 0 fully saturated rings. The fourth-order valence-corrected chi connectivity index (χ4v) is 5.08. The normalized spacial score (nSPS) is 11.0. The fourth-order valence-electron chi connectivity index (χ4n) is 4.11. The number of nitrogens with one attached hydrogen (secondary N) is 1. The lowest BCUT2D eigenvalue weighted by Crippen LogP contribution is -2.23. The van der Waals surface area contributed by atoms with Crippen LogP contribution in [0, 0.1) is 6.92 Å². The molecule has 0 spiro atoms. The van der Waals surface area contributed by atoms with Crippen LogP contribution in [-0.2, 0) is 18.8 Å². The Hall–Kier alpha value is -4.10. The molecule has 37 heavy (non-hydrogen) atoms. The molecule has 0 bridgehead atoms. The summed E-state index contributed by atoms with van der Waals surface area (Å²) in [6.45, 7) is 3.26. The molecular weight excluding hydrogens is 480 g/mol. The van der Waals surface area contributed by atoms with Crippen molar-refractivity contribution in [1.29, 1.82) is 0 Å². The lowest BCUT2D eigenvalue weighted by molar-refractivity contribution is 0.0951. The topological polar surface area (TPSA) is 69.0 Å². The van der Waals surface area contributed by atoms with Gasteiger partial charge in [0.2, 0.25) is 0 Å². The van der Waals surface area contributed by atoms with E-state index in [-0.39, 0.29) is 5.91 Å². The first-order valence-electron chi connectivity index (χ1n) is 12.1. The molecule has 7 heteroatoms. The number of amides is 1. The van der Waals surface area contributed by atoms with Crippen molar-refractivity contribution in [2.75, 3.05) is 7.11 Å². The SMILES string of the molecule is COc1ccc(Cn2c(SCc3ccc(C(=O)NCc4ccccc4C)cc3)nc3ccncc32)cc1. The number of pyridine rings is 1. The molecule has 2 aromatic heterocycles. The van der Waals surface area contributed by atoms with Crippen LogP contribution in [0.25, 0.3) is 11.0 Å². The summed E-state index contributed by atoms with van der Waals surface area (Å²) in [5.74, 6) is 1.50. The molecule has 0 saturated carbocycles. The van der Waals surface area contributed by atoms with E-state index in [1.807, 2.05) is 66.9 Å². The zero-order valence-corrected chi connectivity index (χ0v) is 21.7. The molecule has 6 nitrogen and oxygen atoms in total. The number of nitrogens with zero attached hydrogens (tertiary/aromatic N) is 3. The Morgan fingerprint density at radius 2 is 1.73 bits per heavy atom. The lowest BCUT2D eigenvalue weighted by atomic mass is 10.1. The Labute approximate surface area is 220 Å². The van der Waals surface area contributed by atoms with Crippen LogP contribution in [0.3, 0.4) is 0 Å². The van der Waals surface area contributed by atoms with E-state index < -0.39 is 0 Å². The lowest BCUT2D eigenvalue weighted by Gasteiger charge is -2.10. The standard InChI is InChI=1S/C30H28N4O2S/c1-21-5-3-4-6-25(21)17-32-29(35)24-11-7-23(8-12-24)20-37-30-33-27-15-16-31-18-28(27)34(30)19-22-9-13-26(36-2)14-10-22/h3-16,18H,17,19-20H2,1-2H3,(H,32,35). The minimum atomic E-state index is -0.0729. The third-order valence-corrected chi connectivity index (χ3v) is 7.35. The highest BCUT2D eigenvalue weighted by Gasteiger charge is 2.13. The van der Waals surface area contributed by atoms with Gasteiger partial charge in [0, 0.05) is 24.1 Å². The van der Waals surface area contributed by atoms with E-state index in [0.717, 1.165) is 44.4 Å². The fraction of sp³-hybridized carbons (Fsp3) is 0.167. The Balaban J connectivity index is 1.26. The zero-order valence-electron chi connectivity index (χ0n) is 20.8. The number of ether oxygens (including phenoxy) is 1. The molecule has 0 saturated heterocycles. The quantitative estimate of drug-likeness (QED) is 0.247. The van der Waals surface area contributed by atoms with Crippen molar-refractivity contribution in [2.24, 2.45) is 0 Å². The summed E-state index contributed by atoms with van der Waals surface area (Å²) in [7, 11) is 1.67. The Morgan fingerprint density at radius 1 is 0.973 bits per heavy atom. The smallest absolute Gasteiger partial charge is 0.251 e. The number of fused-ring (bicyclic) bond motifs is 1. The first kappa shape index (κ1) is 24.6. The van der Waals surface area contributed by atoms with Crippen LogP contribution in [0.15, 0.2) is 96.4 Å². The molecule has 0 radical (unpaired) electrons. The highest BCUT2D eigenvalue weighted by atomic mass is 32.2. The molecule has 0 aliphatic carbocycles. The summed E-state index contributed by atoms with van der Waals surface area (Å²) in [5.41, 5.74) is 7.15. The second kappa shape index (κ2) is 11.3. The van der Waals surface area contributed by atoms with Gasteiger partial charge in [0.15, 0.2) is 5.16 Å². The highest BCUT2D eigenvalue weighted by Crippen LogP contribution is 2.28. The van der Waals surface area contributed by atoms with E-state index in [1.165, 1.54) is 5.56 Å². The number of rotatable bonds is 9. The van der Waals surface area contributed by atoms with E-state index in [2.05, 4.69) is 40.0 Å². The van der Waals surface area contributed by atoms with E-state index in [1.54, 1.807) is 25.1 Å². The van der Waals surface area contributed by atoms with Gasteiger partial charge in [-0.05, 0) is 59.5 Å². The van der Waals surface area contributed by atoms with Crippen LogP contribution in [0.4, 0.5) is 0 Å². The minimum Gasteiger partial charge on any atom is -0.497 e. The van der Waals surface area contributed by atoms with Crippen LogP contribution < -0.4 is 10.1 Å². The molecule has 186 valence electrons. The molecule has 0 unspecified atom stereocenters. The van der Waals surface area contributed by atoms with Gasteiger partial charge in [-0.15, -0.1) is 0 Å². The second-order valence-electron chi connectivity index (χ2n) is 8.79. The summed E-state index contributed by atoms with van der Waals surface area (Å²) < 4.78 is 7.49. The van der Waals surface area contributed by atoms with Crippen molar-refractivity contribution >= 4 is 28.7 Å². The molecule has 1 amide bonds. The predicted octanol–water partition coefficient (Wildman–Crippen LogP) is 6.02. The molecule has 2 heterocycles. The van der Waals surface area contributed by atoms with Crippen LogP contribution in [0.5, 0.6) is 5.75 Å². The number of thioether (sulfide) groups is 1. The van der Waals surface area contributed by atoms with E-state index in [9.17, 15) is 4.79 Å². The Kier molecular flexibility index (Phi) is 7.51. The third-order valence-electron chi connectivity index (χ3n) is 6.30. The van der Waals surface area contributed by atoms with Crippen molar-refractivity contribution in [2.45, 2.75) is 30.9 Å². The van der Waals surface area contributed by atoms with Crippen molar-refractivity contribution in [3.05, 3.63) is 119 Å². The molecule has 0 aliphatic rings. The molecule has 5 rings (SSSR count). The highest BCUT2D eigenvalue weighted by molar-refractivity contribution is 7.98. The molecule has 0 atom stereocenters. The zero-order chi connectivity index (χ0) is 25.6. The third kappa shape index (κ3) is 5.84. The largest absolute Gasteiger partial charge is 0.497 e. The maximum absolute atomic E-state index is 12.6. The Bertz CT molecular complexity index is 1510.